The highest BCUT2D eigenvalue weighted by Gasteiger charge is 2.28. The van der Waals surface area contributed by atoms with Gasteiger partial charge >= 0.3 is 0 Å². The van der Waals surface area contributed by atoms with E-state index in [1.807, 2.05) is 36.7 Å². The van der Waals surface area contributed by atoms with Gasteiger partial charge in [0, 0.05) is 18.5 Å². The zero-order chi connectivity index (χ0) is 15.5. The zero-order valence-electron chi connectivity index (χ0n) is 12.4. The molecule has 2 heterocycles. The molecule has 4 nitrogen and oxygen atoms in total. The normalized spacial score (nSPS) is 13.7. The molecule has 0 aliphatic carbocycles. The minimum Gasteiger partial charge on any atom is -0.313 e. The van der Waals surface area contributed by atoms with Gasteiger partial charge in [0.15, 0.2) is 0 Å². The van der Waals surface area contributed by atoms with Crippen LogP contribution >= 0.6 is 22.7 Å². The summed E-state index contributed by atoms with van der Waals surface area (Å²) >= 11 is 2.86. The summed E-state index contributed by atoms with van der Waals surface area (Å²) in [6.07, 6.45) is 0. The molecular formula is C14H20N2O2S3. The van der Waals surface area contributed by atoms with E-state index in [2.05, 4.69) is 5.32 Å². The van der Waals surface area contributed by atoms with Gasteiger partial charge in [-0.25, -0.2) is 8.42 Å². The van der Waals surface area contributed by atoms with Crippen LogP contribution in [0.25, 0.3) is 0 Å². The van der Waals surface area contributed by atoms with E-state index in [0.29, 0.717) is 10.8 Å². The van der Waals surface area contributed by atoms with Crippen LogP contribution in [0.3, 0.4) is 0 Å². The van der Waals surface area contributed by atoms with Crippen molar-refractivity contribution in [2.75, 3.05) is 13.6 Å². The lowest BCUT2D eigenvalue weighted by molar-refractivity contribution is 0.404. The fraction of sp³-hybridized carbons (Fsp3) is 0.429. The standard InChI is InChI=1S/C14H20N2O2S3/c1-4-15-9-12-8-14(20-10-12)21(17,18)16(3)11(2)13-6-5-7-19-13/h5-8,10-11,15H,4,9H2,1-3H3. The lowest BCUT2D eigenvalue weighted by atomic mass is 10.3. The number of nitrogens with one attached hydrogen (secondary N) is 1. The fourth-order valence-corrected chi connectivity index (χ4v) is 5.54. The summed E-state index contributed by atoms with van der Waals surface area (Å²) in [4.78, 5) is 1.05. The highest BCUT2D eigenvalue weighted by molar-refractivity contribution is 7.91. The average Bonchev–Trinajstić information content (AvgIpc) is 3.14. The number of hydrogen-bond acceptors (Lipinski definition) is 5. The molecule has 1 unspecified atom stereocenters. The maximum Gasteiger partial charge on any atom is 0.252 e. The molecule has 7 heteroatoms. The SMILES string of the molecule is CCNCc1csc(S(=O)(=O)N(C)C(C)c2cccs2)c1. The van der Waals surface area contributed by atoms with E-state index in [0.717, 1.165) is 17.0 Å². The zero-order valence-corrected chi connectivity index (χ0v) is 14.8. The first kappa shape index (κ1) is 16.6. The highest BCUT2D eigenvalue weighted by Crippen LogP contribution is 2.31. The molecule has 116 valence electrons. The van der Waals surface area contributed by atoms with Gasteiger partial charge in [-0.05, 0) is 41.9 Å². The fourth-order valence-electron chi connectivity index (χ4n) is 1.91. The molecule has 0 amide bonds. The van der Waals surface area contributed by atoms with E-state index >= 15 is 0 Å². The first-order chi connectivity index (χ1) is 9.96. The van der Waals surface area contributed by atoms with Gasteiger partial charge in [0.25, 0.3) is 10.0 Å². The summed E-state index contributed by atoms with van der Waals surface area (Å²) in [6, 6.07) is 5.51. The Morgan fingerprint density at radius 1 is 1.38 bits per heavy atom. The largest absolute Gasteiger partial charge is 0.313 e. The van der Waals surface area contributed by atoms with E-state index in [1.54, 1.807) is 24.5 Å². The van der Waals surface area contributed by atoms with Crippen LogP contribution < -0.4 is 5.32 Å². The number of sulfonamides is 1. The number of hydrogen-bond donors (Lipinski definition) is 1. The summed E-state index contributed by atoms with van der Waals surface area (Å²) < 4.78 is 27.2. The van der Waals surface area contributed by atoms with Crippen LogP contribution in [-0.2, 0) is 16.6 Å². The third kappa shape index (κ3) is 3.73. The van der Waals surface area contributed by atoms with Crippen molar-refractivity contribution in [1.82, 2.24) is 9.62 Å². The molecular weight excluding hydrogens is 324 g/mol. The molecule has 0 radical (unpaired) electrons. The van der Waals surface area contributed by atoms with Gasteiger partial charge in [0.1, 0.15) is 4.21 Å². The van der Waals surface area contributed by atoms with Crippen molar-refractivity contribution in [1.29, 1.82) is 0 Å². The molecule has 2 aromatic heterocycles. The van der Waals surface area contributed by atoms with Gasteiger partial charge in [-0.1, -0.05) is 13.0 Å². The molecule has 2 rings (SSSR count). The van der Waals surface area contributed by atoms with Crippen LogP contribution in [-0.4, -0.2) is 26.3 Å². The van der Waals surface area contributed by atoms with Crippen LogP contribution in [0.2, 0.25) is 0 Å². The maximum absolute atomic E-state index is 12.7. The highest BCUT2D eigenvalue weighted by atomic mass is 32.2. The minimum atomic E-state index is -3.44. The Morgan fingerprint density at radius 2 is 2.14 bits per heavy atom. The molecule has 21 heavy (non-hydrogen) atoms. The molecule has 0 fully saturated rings. The molecule has 1 N–H and O–H groups in total. The Balaban J connectivity index is 2.19. The Bertz CT molecular complexity index is 662. The molecule has 0 bridgehead atoms. The van der Waals surface area contributed by atoms with Crippen molar-refractivity contribution in [2.24, 2.45) is 0 Å². The van der Waals surface area contributed by atoms with Crippen LogP contribution in [0.15, 0.2) is 33.2 Å². The Labute approximate surface area is 134 Å². The second kappa shape index (κ2) is 7.02. The van der Waals surface area contributed by atoms with E-state index in [4.69, 9.17) is 0 Å². The van der Waals surface area contributed by atoms with Gasteiger partial charge in [0.05, 0.1) is 6.04 Å². The van der Waals surface area contributed by atoms with E-state index in [1.165, 1.54) is 15.6 Å². The summed E-state index contributed by atoms with van der Waals surface area (Å²) in [6.45, 7) is 5.51. The average molecular weight is 345 g/mol. The Kier molecular flexibility index (Phi) is 5.56. The van der Waals surface area contributed by atoms with Crippen molar-refractivity contribution >= 4 is 32.7 Å². The van der Waals surface area contributed by atoms with Crippen LogP contribution in [0.4, 0.5) is 0 Å². The number of thiophene rings is 2. The third-order valence-electron chi connectivity index (χ3n) is 3.34. The van der Waals surface area contributed by atoms with Crippen molar-refractivity contribution in [3.05, 3.63) is 39.4 Å². The Hall–Kier alpha value is -0.730. The molecule has 0 aromatic carbocycles. The smallest absolute Gasteiger partial charge is 0.252 e. The van der Waals surface area contributed by atoms with Gasteiger partial charge < -0.3 is 5.32 Å². The molecule has 0 aliphatic heterocycles. The third-order valence-corrected chi connectivity index (χ3v) is 7.78. The Morgan fingerprint density at radius 3 is 2.76 bits per heavy atom. The second-order valence-corrected chi connectivity index (χ2v) is 8.88. The summed E-state index contributed by atoms with van der Waals surface area (Å²) in [5.41, 5.74) is 1.01. The number of nitrogens with zero attached hydrogens (tertiary/aromatic N) is 1. The first-order valence-corrected chi connectivity index (χ1v) is 9.96. The van der Waals surface area contributed by atoms with Gasteiger partial charge in [-0.15, -0.1) is 22.7 Å². The molecule has 0 saturated carbocycles. The lowest BCUT2D eigenvalue weighted by Gasteiger charge is -2.22. The topological polar surface area (TPSA) is 49.4 Å². The van der Waals surface area contributed by atoms with Crippen LogP contribution in [0, 0.1) is 0 Å². The van der Waals surface area contributed by atoms with E-state index < -0.39 is 10.0 Å². The van der Waals surface area contributed by atoms with Crippen molar-refractivity contribution in [2.45, 2.75) is 30.6 Å². The molecule has 0 aliphatic rings. The van der Waals surface area contributed by atoms with Crippen molar-refractivity contribution in [3.8, 4) is 0 Å². The van der Waals surface area contributed by atoms with Crippen molar-refractivity contribution in [3.63, 3.8) is 0 Å². The minimum absolute atomic E-state index is 0.158. The molecule has 0 spiro atoms. The van der Waals surface area contributed by atoms with Crippen LogP contribution in [0.1, 0.15) is 30.3 Å². The van der Waals surface area contributed by atoms with Crippen molar-refractivity contribution < 1.29 is 8.42 Å². The van der Waals surface area contributed by atoms with Crippen LogP contribution in [0.5, 0.6) is 0 Å². The number of rotatable bonds is 7. The van der Waals surface area contributed by atoms with E-state index in [-0.39, 0.29) is 6.04 Å². The monoisotopic (exact) mass is 344 g/mol. The predicted octanol–water partition coefficient (Wildman–Crippen LogP) is 3.30. The maximum atomic E-state index is 12.7. The first-order valence-electron chi connectivity index (χ1n) is 6.76. The van der Waals surface area contributed by atoms with Gasteiger partial charge in [-0.2, -0.15) is 4.31 Å². The summed E-state index contributed by atoms with van der Waals surface area (Å²) in [5, 5.41) is 7.07. The van der Waals surface area contributed by atoms with E-state index in [9.17, 15) is 8.42 Å². The second-order valence-electron chi connectivity index (χ2n) is 4.77. The summed E-state index contributed by atoms with van der Waals surface area (Å²) in [7, 11) is -1.80. The van der Waals surface area contributed by atoms with Gasteiger partial charge in [-0.3, -0.25) is 0 Å². The molecule has 0 saturated heterocycles. The van der Waals surface area contributed by atoms with Gasteiger partial charge in [0.2, 0.25) is 0 Å². The quantitative estimate of drug-likeness (QED) is 0.838. The lowest BCUT2D eigenvalue weighted by Crippen LogP contribution is -2.28. The molecule has 2 aromatic rings. The molecule has 1 atom stereocenters. The predicted molar refractivity (Wildman–Crippen MR) is 89.4 cm³/mol. The summed E-state index contributed by atoms with van der Waals surface area (Å²) in [5.74, 6) is 0.